The molecular formula is C74H113NO18. The standard InChI is InChI=1S/C74H113NO18/c1-3-5-7-9-11-13-14-15-16-17-18-19-20-21-22-23-24-25-26-27-28-29-30-31-32-33-34-35-36-37-38-39-40-41-42-44-46-48-50-52-62(80)75-57(58(79)51-49-47-45-43-12-10-8-6-4-2)56-88-72-68(86)65(83)70(60(54-77)90-72)93-74-69(87)66(84)71(61(55-78)91-74)92-73-67(85)64(82)63(81)59(53-76)89-73/h4-7,11-13,15-16,18-19,21-22,24-25,27-28,30-31,33-34,36-37,39-40,42-44,49,51,57-61,63-74,76-79,81-87H,3,8-10,14,17,20,23,26,29,32,35,38,41,45-48,50,52-56H2,1-2H3,(H,75,80)/b6-4+,7-5-,13-11-,16-15-,19-18-,22-21-,25-24-,28-27-,31-30-,34-33-,37-36-,40-39-,43-12+,44-42-,51-49+. The van der Waals surface area contributed by atoms with Gasteiger partial charge in [0, 0.05) is 6.42 Å². The van der Waals surface area contributed by atoms with Crippen LogP contribution in [0.15, 0.2) is 182 Å². The van der Waals surface area contributed by atoms with Crippen LogP contribution in [0.3, 0.4) is 0 Å². The molecule has 17 unspecified atom stereocenters. The number of hydrogen-bond acceptors (Lipinski definition) is 18. The van der Waals surface area contributed by atoms with Crippen molar-refractivity contribution in [3.63, 3.8) is 0 Å². The van der Waals surface area contributed by atoms with Gasteiger partial charge in [-0.15, -0.1) is 0 Å². The lowest BCUT2D eigenvalue weighted by Gasteiger charge is -2.48. The van der Waals surface area contributed by atoms with E-state index in [-0.39, 0.29) is 12.3 Å². The molecule has 3 rings (SSSR count). The molecule has 17 atom stereocenters. The van der Waals surface area contributed by atoms with Crippen LogP contribution < -0.4 is 5.32 Å². The summed E-state index contributed by atoms with van der Waals surface area (Å²) in [5.41, 5.74) is 0. The number of ether oxygens (including phenoxy) is 6. The van der Waals surface area contributed by atoms with E-state index < -0.39 is 131 Å². The Labute approximate surface area is 553 Å². The Morgan fingerprint density at radius 3 is 1.16 bits per heavy atom. The van der Waals surface area contributed by atoms with Crippen LogP contribution >= 0.6 is 0 Å². The minimum atomic E-state index is -2.00. The van der Waals surface area contributed by atoms with Crippen LogP contribution in [-0.2, 0) is 33.2 Å². The highest BCUT2D eigenvalue weighted by molar-refractivity contribution is 5.76. The maximum atomic E-state index is 13.3. The topological polar surface area (TPSA) is 307 Å². The van der Waals surface area contributed by atoms with Gasteiger partial charge in [0.05, 0.1) is 38.6 Å². The van der Waals surface area contributed by atoms with E-state index in [2.05, 4.69) is 176 Å². The van der Waals surface area contributed by atoms with Gasteiger partial charge in [-0.1, -0.05) is 189 Å². The summed E-state index contributed by atoms with van der Waals surface area (Å²) in [5.74, 6) is -0.346. The van der Waals surface area contributed by atoms with Crippen molar-refractivity contribution < 1.29 is 89.4 Å². The van der Waals surface area contributed by atoms with Gasteiger partial charge in [0.15, 0.2) is 18.9 Å². The molecule has 0 radical (unpaired) electrons. The quantitative estimate of drug-likeness (QED) is 0.0201. The van der Waals surface area contributed by atoms with Gasteiger partial charge in [-0.3, -0.25) is 4.79 Å². The third kappa shape index (κ3) is 34.9. The SMILES string of the molecule is C/C=C/CC/C=C/CC/C=C/C(O)C(COC1OC(CO)C(OC2OC(CO)C(OC3OC(CO)C(O)C(O)C3O)C(O)C2O)C(O)C1O)NC(=O)CCCC/C=C\C/C=C\C/C=C\C/C=C\C/C=C\C/C=C\C/C=C\C/C=C\C/C=C\C/C=C\C/C=C\C/C=C\CC. The lowest BCUT2D eigenvalue weighted by molar-refractivity contribution is -0.379. The van der Waals surface area contributed by atoms with Gasteiger partial charge in [-0.05, 0) is 129 Å². The first-order valence-corrected chi connectivity index (χ1v) is 33.5. The molecular weight excluding hydrogens is 1190 g/mol. The summed E-state index contributed by atoms with van der Waals surface area (Å²) in [6.45, 7) is 1.25. The molecule has 19 heteroatoms. The van der Waals surface area contributed by atoms with Crippen LogP contribution in [0, 0.1) is 0 Å². The molecule has 1 amide bonds. The maximum absolute atomic E-state index is 13.3. The Bertz CT molecular complexity index is 2400. The predicted molar refractivity (Wildman–Crippen MR) is 364 cm³/mol. The molecule has 0 saturated carbocycles. The molecule has 0 bridgehead atoms. The number of allylic oxidation sites excluding steroid dienone is 29. The van der Waals surface area contributed by atoms with E-state index in [0.29, 0.717) is 12.8 Å². The molecule has 3 aliphatic heterocycles. The first-order valence-electron chi connectivity index (χ1n) is 33.5. The minimum Gasteiger partial charge on any atom is -0.394 e. The average molecular weight is 1300 g/mol. The molecule has 19 nitrogen and oxygen atoms in total. The second-order valence-electron chi connectivity index (χ2n) is 22.8. The number of carbonyl (C=O) groups excluding carboxylic acids is 1. The number of carbonyl (C=O) groups is 1. The molecule has 0 aliphatic carbocycles. The van der Waals surface area contributed by atoms with Crippen LogP contribution in [0.25, 0.3) is 0 Å². The van der Waals surface area contributed by atoms with Crippen LogP contribution in [0.4, 0.5) is 0 Å². The Morgan fingerprint density at radius 2 is 0.753 bits per heavy atom. The molecule has 0 aromatic rings. The zero-order valence-electron chi connectivity index (χ0n) is 54.9. The lowest BCUT2D eigenvalue weighted by atomic mass is 9.96. The molecule has 3 fully saturated rings. The van der Waals surface area contributed by atoms with E-state index >= 15 is 0 Å². The average Bonchev–Trinajstić information content (AvgIpc) is 0.900. The van der Waals surface area contributed by atoms with E-state index in [4.69, 9.17) is 28.4 Å². The van der Waals surface area contributed by atoms with E-state index in [1.807, 2.05) is 13.0 Å². The summed E-state index contributed by atoms with van der Waals surface area (Å²) in [6.07, 6.45) is 53.6. The van der Waals surface area contributed by atoms with Crippen molar-refractivity contribution in [1.29, 1.82) is 0 Å². The van der Waals surface area contributed by atoms with Crippen molar-refractivity contribution in [2.24, 2.45) is 0 Å². The molecule has 3 aliphatic rings. The van der Waals surface area contributed by atoms with Crippen LogP contribution in [0.1, 0.15) is 142 Å². The van der Waals surface area contributed by atoms with Gasteiger partial charge in [-0.25, -0.2) is 0 Å². The monoisotopic (exact) mass is 1300 g/mol. The van der Waals surface area contributed by atoms with Gasteiger partial charge in [-0.2, -0.15) is 0 Å². The Hall–Kier alpha value is -5.11. The lowest BCUT2D eigenvalue weighted by Crippen LogP contribution is -2.66. The highest BCUT2D eigenvalue weighted by Gasteiger charge is 2.53. The third-order valence-corrected chi connectivity index (χ3v) is 15.3. The first kappa shape index (κ1) is 82.1. The second kappa shape index (κ2) is 53.1. The third-order valence-electron chi connectivity index (χ3n) is 15.3. The molecule has 0 aromatic heterocycles. The second-order valence-corrected chi connectivity index (χ2v) is 22.8. The summed E-state index contributed by atoms with van der Waals surface area (Å²) < 4.78 is 34.1. The smallest absolute Gasteiger partial charge is 0.220 e. The maximum Gasteiger partial charge on any atom is 0.220 e. The Balaban J connectivity index is 1.36. The molecule has 0 aromatic carbocycles. The van der Waals surface area contributed by atoms with E-state index in [9.17, 15) is 61.0 Å². The number of aliphatic hydroxyl groups is 11. The van der Waals surface area contributed by atoms with Gasteiger partial charge < -0.3 is 89.9 Å². The number of hydrogen-bond donors (Lipinski definition) is 12. The van der Waals surface area contributed by atoms with Crippen molar-refractivity contribution >= 4 is 5.91 Å². The summed E-state index contributed by atoms with van der Waals surface area (Å²) in [4.78, 5) is 13.3. The van der Waals surface area contributed by atoms with Gasteiger partial charge >= 0.3 is 0 Å². The van der Waals surface area contributed by atoms with Crippen LogP contribution in [-0.4, -0.2) is 193 Å². The van der Waals surface area contributed by atoms with E-state index in [0.717, 1.165) is 109 Å². The normalized spacial score (nSPS) is 28.7. The van der Waals surface area contributed by atoms with E-state index in [1.54, 1.807) is 12.2 Å². The number of aliphatic hydroxyl groups excluding tert-OH is 11. The first-order chi connectivity index (χ1) is 45.3. The predicted octanol–water partition coefficient (Wildman–Crippen LogP) is 8.48. The fourth-order valence-corrected chi connectivity index (χ4v) is 9.85. The molecule has 522 valence electrons. The summed E-state index contributed by atoms with van der Waals surface area (Å²) in [6, 6.07) is -1.03. The fraction of sp³-hybridized carbons (Fsp3) is 0.581. The number of amides is 1. The molecule has 3 saturated heterocycles. The molecule has 3 heterocycles. The summed E-state index contributed by atoms with van der Waals surface area (Å²) in [7, 11) is 0. The Morgan fingerprint density at radius 1 is 0.409 bits per heavy atom. The Kier molecular flexibility index (Phi) is 46.9. The fourth-order valence-electron chi connectivity index (χ4n) is 9.85. The molecule has 93 heavy (non-hydrogen) atoms. The molecule has 0 spiro atoms. The summed E-state index contributed by atoms with van der Waals surface area (Å²) >= 11 is 0. The highest BCUT2D eigenvalue weighted by Crippen LogP contribution is 2.33. The number of unbranched alkanes of at least 4 members (excludes halogenated alkanes) is 4. The van der Waals surface area contributed by atoms with Crippen molar-refractivity contribution in [2.45, 2.75) is 247 Å². The number of nitrogens with one attached hydrogen (secondary N) is 1. The zero-order chi connectivity index (χ0) is 67.5. The van der Waals surface area contributed by atoms with Gasteiger partial charge in [0.1, 0.15) is 73.2 Å². The van der Waals surface area contributed by atoms with Crippen LogP contribution in [0.5, 0.6) is 0 Å². The molecule has 12 N–H and O–H groups in total. The van der Waals surface area contributed by atoms with Crippen LogP contribution in [0.2, 0.25) is 0 Å². The van der Waals surface area contributed by atoms with Crippen molar-refractivity contribution in [1.82, 2.24) is 5.32 Å². The van der Waals surface area contributed by atoms with Crippen molar-refractivity contribution in [3.05, 3.63) is 182 Å². The van der Waals surface area contributed by atoms with Gasteiger partial charge in [0.2, 0.25) is 5.91 Å². The van der Waals surface area contributed by atoms with Crippen molar-refractivity contribution in [3.8, 4) is 0 Å². The van der Waals surface area contributed by atoms with Crippen molar-refractivity contribution in [2.75, 3.05) is 26.4 Å². The highest BCUT2D eigenvalue weighted by atomic mass is 16.8. The zero-order valence-corrected chi connectivity index (χ0v) is 54.9. The minimum absolute atomic E-state index is 0.162. The summed E-state index contributed by atoms with van der Waals surface area (Å²) in [5, 5.41) is 120. The van der Waals surface area contributed by atoms with Gasteiger partial charge in [0.25, 0.3) is 0 Å². The number of rotatable bonds is 47. The largest absolute Gasteiger partial charge is 0.394 e. The van der Waals surface area contributed by atoms with E-state index in [1.165, 1.54) is 0 Å².